The van der Waals surface area contributed by atoms with Crippen molar-refractivity contribution in [3.63, 3.8) is 0 Å². The van der Waals surface area contributed by atoms with Gasteiger partial charge in [-0.3, -0.25) is 4.79 Å². The molecule has 6 nitrogen and oxygen atoms in total. The molecule has 0 spiro atoms. The van der Waals surface area contributed by atoms with Crippen LogP contribution in [0, 0.1) is 10.5 Å². The second-order valence-electron chi connectivity index (χ2n) is 5.43. The van der Waals surface area contributed by atoms with Gasteiger partial charge in [0.15, 0.2) is 12.0 Å². The highest BCUT2D eigenvalue weighted by Crippen LogP contribution is 2.43. The summed E-state index contributed by atoms with van der Waals surface area (Å²) in [5.74, 6) is 0.830. The molecule has 0 aliphatic carbocycles. The van der Waals surface area contributed by atoms with E-state index in [0.29, 0.717) is 21.2 Å². The van der Waals surface area contributed by atoms with Crippen molar-refractivity contribution in [3.05, 3.63) is 14.7 Å². The largest absolute Gasteiger partial charge is 0.514 e. The Morgan fingerprint density at radius 1 is 1.09 bits per heavy atom. The number of ether oxygens (including phenoxy) is 4. The number of carbonyl (C=O) groups is 2. The maximum Gasteiger partial charge on any atom is 0.514 e. The summed E-state index contributed by atoms with van der Waals surface area (Å²) in [5, 5.41) is 0. The van der Waals surface area contributed by atoms with Crippen molar-refractivity contribution in [2.75, 3.05) is 14.2 Å². The molecule has 122 valence electrons. The molecule has 0 atom stereocenters. The molecule has 0 amide bonds. The maximum absolute atomic E-state index is 11.9. The summed E-state index contributed by atoms with van der Waals surface area (Å²) >= 11 is 2.01. The first-order valence-corrected chi connectivity index (χ1v) is 7.54. The number of aldehydes is 1. The third-order valence-corrected chi connectivity index (χ3v) is 3.65. The molecule has 7 heteroatoms. The van der Waals surface area contributed by atoms with E-state index in [0.717, 1.165) is 0 Å². The Kier molecular flexibility index (Phi) is 6.04. The van der Waals surface area contributed by atoms with Crippen molar-refractivity contribution in [2.24, 2.45) is 0 Å². The molecular formula is C15H19IO6. The van der Waals surface area contributed by atoms with E-state index in [9.17, 15) is 9.59 Å². The van der Waals surface area contributed by atoms with Gasteiger partial charge in [-0.2, -0.15) is 0 Å². The summed E-state index contributed by atoms with van der Waals surface area (Å²) in [7, 11) is 2.91. The van der Waals surface area contributed by atoms with Crippen LogP contribution in [0.2, 0.25) is 0 Å². The van der Waals surface area contributed by atoms with E-state index in [4.69, 9.17) is 18.9 Å². The third-order valence-electron chi connectivity index (χ3n) is 2.67. The molecule has 0 heterocycles. The monoisotopic (exact) mass is 422 g/mol. The number of hydrogen-bond acceptors (Lipinski definition) is 6. The normalized spacial score (nSPS) is 10.9. The van der Waals surface area contributed by atoms with Gasteiger partial charge in [0.2, 0.25) is 0 Å². The predicted molar refractivity (Wildman–Crippen MR) is 89.2 cm³/mol. The van der Waals surface area contributed by atoms with E-state index >= 15 is 0 Å². The molecule has 0 aliphatic heterocycles. The second-order valence-corrected chi connectivity index (χ2v) is 6.51. The number of halogens is 1. The zero-order valence-corrected chi connectivity index (χ0v) is 15.6. The molecule has 0 fully saturated rings. The minimum absolute atomic E-state index is 0.0679. The first-order valence-electron chi connectivity index (χ1n) is 6.46. The first-order chi connectivity index (χ1) is 10.2. The number of methoxy groups -OCH3 is 2. The smallest absolute Gasteiger partial charge is 0.495 e. The highest BCUT2D eigenvalue weighted by molar-refractivity contribution is 14.1. The summed E-state index contributed by atoms with van der Waals surface area (Å²) in [6.07, 6.45) is -0.323. The molecule has 0 N–H and O–H groups in total. The van der Waals surface area contributed by atoms with Crippen LogP contribution in [-0.4, -0.2) is 32.3 Å². The number of hydrogen-bond donors (Lipinski definition) is 0. The topological polar surface area (TPSA) is 71.1 Å². The Bertz CT molecular complexity index is 589. The average Bonchev–Trinajstić information content (AvgIpc) is 2.40. The highest BCUT2D eigenvalue weighted by atomic mass is 127. The molecule has 0 bridgehead atoms. The van der Waals surface area contributed by atoms with Crippen molar-refractivity contribution < 1.29 is 28.5 Å². The fourth-order valence-electron chi connectivity index (χ4n) is 1.83. The summed E-state index contributed by atoms with van der Waals surface area (Å²) in [6, 6.07) is 0. The van der Waals surface area contributed by atoms with Gasteiger partial charge in [-0.25, -0.2) is 4.79 Å². The Morgan fingerprint density at radius 3 is 2.05 bits per heavy atom. The molecular weight excluding hydrogens is 403 g/mol. The van der Waals surface area contributed by atoms with E-state index in [2.05, 4.69) is 0 Å². The highest BCUT2D eigenvalue weighted by Gasteiger charge is 2.26. The molecule has 1 aromatic carbocycles. The Labute approximate surface area is 143 Å². The van der Waals surface area contributed by atoms with Crippen LogP contribution in [0.25, 0.3) is 0 Å². The van der Waals surface area contributed by atoms with Crippen LogP contribution in [0.5, 0.6) is 17.2 Å². The van der Waals surface area contributed by atoms with E-state index < -0.39 is 11.8 Å². The number of carbonyl (C=O) groups excluding carboxylic acids is 2. The van der Waals surface area contributed by atoms with Crippen LogP contribution < -0.4 is 14.2 Å². The van der Waals surface area contributed by atoms with Crippen LogP contribution in [0.3, 0.4) is 0 Å². The van der Waals surface area contributed by atoms with E-state index in [1.54, 1.807) is 27.7 Å². The van der Waals surface area contributed by atoms with Gasteiger partial charge in [0, 0.05) is 5.56 Å². The molecule has 0 aliphatic rings. The molecule has 0 saturated carbocycles. The summed E-state index contributed by atoms with van der Waals surface area (Å²) < 4.78 is 21.5. The van der Waals surface area contributed by atoms with Crippen LogP contribution in [0.4, 0.5) is 4.79 Å². The fraction of sp³-hybridized carbons (Fsp3) is 0.467. The lowest BCUT2D eigenvalue weighted by Gasteiger charge is -2.21. The predicted octanol–water partition coefficient (Wildman–Crippen LogP) is 3.74. The van der Waals surface area contributed by atoms with Crippen LogP contribution in [-0.2, 0) is 4.74 Å². The van der Waals surface area contributed by atoms with Gasteiger partial charge >= 0.3 is 6.16 Å². The Hall–Kier alpha value is -1.51. The van der Waals surface area contributed by atoms with Crippen LogP contribution in [0.15, 0.2) is 0 Å². The van der Waals surface area contributed by atoms with Crippen molar-refractivity contribution in [1.29, 1.82) is 0 Å². The van der Waals surface area contributed by atoms with Crippen molar-refractivity contribution in [2.45, 2.75) is 33.3 Å². The summed E-state index contributed by atoms with van der Waals surface area (Å²) in [4.78, 5) is 23.3. The number of benzene rings is 1. The zero-order valence-electron chi connectivity index (χ0n) is 13.4. The Balaban J connectivity index is 3.40. The lowest BCUT2D eigenvalue weighted by Crippen LogP contribution is -2.26. The molecule has 0 radical (unpaired) electrons. The molecule has 1 aromatic rings. The van der Waals surface area contributed by atoms with Gasteiger partial charge in [0.05, 0.1) is 17.8 Å². The minimum atomic E-state index is -0.899. The van der Waals surface area contributed by atoms with E-state index in [-0.39, 0.29) is 17.1 Å². The van der Waals surface area contributed by atoms with E-state index in [1.165, 1.54) is 14.2 Å². The van der Waals surface area contributed by atoms with Crippen molar-refractivity contribution in [3.8, 4) is 17.2 Å². The fourth-order valence-corrected chi connectivity index (χ4v) is 2.96. The number of rotatable bonds is 4. The van der Waals surface area contributed by atoms with Gasteiger partial charge in [0.25, 0.3) is 0 Å². The second kappa shape index (κ2) is 7.17. The van der Waals surface area contributed by atoms with Gasteiger partial charge in [0.1, 0.15) is 22.7 Å². The van der Waals surface area contributed by atoms with Gasteiger partial charge < -0.3 is 18.9 Å². The molecule has 0 aromatic heterocycles. The summed E-state index contributed by atoms with van der Waals surface area (Å²) in [5.41, 5.74) is -0.0549. The van der Waals surface area contributed by atoms with Gasteiger partial charge in [-0.1, -0.05) is 0 Å². The van der Waals surface area contributed by atoms with Crippen LogP contribution in [0.1, 0.15) is 36.7 Å². The van der Waals surface area contributed by atoms with Gasteiger partial charge in [-0.05, 0) is 50.3 Å². The molecule has 22 heavy (non-hydrogen) atoms. The standard InChI is InChI=1S/C15H19IO6/c1-8-11(21-14(18)22-15(2,3)4)9(7-17)13(20-6)10(16)12(8)19-5/h7H,1-6H3. The third kappa shape index (κ3) is 4.02. The quantitative estimate of drug-likeness (QED) is 0.319. The minimum Gasteiger partial charge on any atom is -0.495 e. The maximum atomic E-state index is 11.9. The molecule has 0 saturated heterocycles. The van der Waals surface area contributed by atoms with Gasteiger partial charge in [-0.15, -0.1) is 0 Å². The first kappa shape index (κ1) is 18.5. The molecule has 1 rings (SSSR count). The zero-order chi connectivity index (χ0) is 17.1. The van der Waals surface area contributed by atoms with Crippen LogP contribution >= 0.6 is 22.6 Å². The molecule has 0 unspecified atom stereocenters. The average molecular weight is 422 g/mol. The summed E-state index contributed by atoms with van der Waals surface area (Å²) in [6.45, 7) is 6.84. The Morgan fingerprint density at radius 2 is 1.64 bits per heavy atom. The lowest BCUT2D eigenvalue weighted by molar-refractivity contribution is 0.0203. The SMILES string of the molecule is COc1c(C)c(OC(=O)OC(C)(C)C)c(C=O)c(OC)c1I. The lowest BCUT2D eigenvalue weighted by atomic mass is 10.1. The van der Waals surface area contributed by atoms with Crippen molar-refractivity contribution >= 4 is 35.0 Å². The van der Waals surface area contributed by atoms with Crippen molar-refractivity contribution in [1.82, 2.24) is 0 Å². The van der Waals surface area contributed by atoms with E-state index in [1.807, 2.05) is 22.6 Å².